The number of urea groups is 1. The summed E-state index contributed by atoms with van der Waals surface area (Å²) in [6.45, 7) is 1.20. The van der Waals surface area contributed by atoms with Gasteiger partial charge in [0, 0.05) is 15.5 Å². The summed E-state index contributed by atoms with van der Waals surface area (Å²) in [7, 11) is 0. The van der Waals surface area contributed by atoms with E-state index in [4.69, 9.17) is 11.6 Å². The molecule has 3 rings (SSSR count). The van der Waals surface area contributed by atoms with Crippen LogP contribution in [0.3, 0.4) is 0 Å². The van der Waals surface area contributed by atoms with Crippen LogP contribution in [0.4, 0.5) is 10.5 Å². The molecule has 2 N–H and O–H groups in total. The van der Waals surface area contributed by atoms with Crippen molar-refractivity contribution >= 4 is 46.9 Å². The average molecular weight is 404 g/mol. The van der Waals surface area contributed by atoms with Gasteiger partial charge in [-0.3, -0.25) is 14.5 Å². The highest BCUT2D eigenvalue weighted by Gasteiger charge is 2.50. The van der Waals surface area contributed by atoms with Crippen LogP contribution in [-0.4, -0.2) is 35.5 Å². The molecule has 0 aliphatic carbocycles. The van der Waals surface area contributed by atoms with Crippen LogP contribution in [0.2, 0.25) is 5.02 Å². The summed E-state index contributed by atoms with van der Waals surface area (Å²) in [6, 6.07) is 13.5. The predicted molar refractivity (Wildman–Crippen MR) is 106 cm³/mol. The Morgan fingerprint density at radius 3 is 2.56 bits per heavy atom. The number of nitrogens with one attached hydrogen (secondary N) is 2. The zero-order valence-corrected chi connectivity index (χ0v) is 16.4. The smallest absolute Gasteiger partial charge is 0.324 e. The number of imide groups is 1. The zero-order chi connectivity index (χ0) is 19.6. The fourth-order valence-electron chi connectivity index (χ4n) is 2.97. The fourth-order valence-corrected chi connectivity index (χ4v) is 3.85. The average Bonchev–Trinajstić information content (AvgIpc) is 2.86. The van der Waals surface area contributed by atoms with Crippen LogP contribution in [0, 0.1) is 0 Å². The number of rotatable bonds is 5. The van der Waals surface area contributed by atoms with E-state index in [1.807, 2.05) is 18.4 Å². The maximum absolute atomic E-state index is 12.9. The SMILES string of the molecule is CSc1ccccc1NC(=O)CN1C(=O)N[C@@](C)(c2ccccc2Cl)C1=O. The number of thioether (sulfide) groups is 1. The fraction of sp³-hybridized carbons (Fsp3) is 0.211. The van der Waals surface area contributed by atoms with Gasteiger partial charge in [0.1, 0.15) is 12.1 Å². The van der Waals surface area contributed by atoms with E-state index in [2.05, 4.69) is 10.6 Å². The lowest BCUT2D eigenvalue weighted by atomic mass is 9.92. The number of carbonyl (C=O) groups excluding carboxylic acids is 3. The molecule has 2 aromatic carbocycles. The quantitative estimate of drug-likeness (QED) is 0.592. The Balaban J connectivity index is 1.78. The molecule has 4 amide bonds. The number of hydrogen-bond donors (Lipinski definition) is 2. The lowest BCUT2D eigenvalue weighted by molar-refractivity contribution is -0.133. The molecular formula is C19H18ClN3O3S. The van der Waals surface area contributed by atoms with Gasteiger partial charge >= 0.3 is 6.03 Å². The first kappa shape index (κ1) is 19.3. The first-order valence-corrected chi connectivity index (χ1v) is 9.79. The normalized spacial score (nSPS) is 19.1. The van der Waals surface area contributed by atoms with E-state index >= 15 is 0 Å². The van der Waals surface area contributed by atoms with Crippen molar-refractivity contribution in [3.05, 3.63) is 59.1 Å². The van der Waals surface area contributed by atoms with Crippen LogP contribution < -0.4 is 10.6 Å². The van der Waals surface area contributed by atoms with E-state index < -0.39 is 23.4 Å². The van der Waals surface area contributed by atoms with Gasteiger partial charge < -0.3 is 10.6 Å². The monoisotopic (exact) mass is 403 g/mol. The first-order valence-electron chi connectivity index (χ1n) is 8.19. The molecule has 1 aliphatic rings. The minimum atomic E-state index is -1.31. The second-order valence-electron chi connectivity index (χ2n) is 6.17. The van der Waals surface area contributed by atoms with E-state index in [1.165, 1.54) is 11.8 Å². The predicted octanol–water partition coefficient (Wildman–Crippen LogP) is 3.47. The zero-order valence-electron chi connectivity index (χ0n) is 14.8. The molecule has 1 fully saturated rings. The molecule has 140 valence electrons. The highest BCUT2D eigenvalue weighted by Crippen LogP contribution is 2.33. The van der Waals surface area contributed by atoms with Crippen LogP contribution >= 0.6 is 23.4 Å². The van der Waals surface area contributed by atoms with Gasteiger partial charge in [-0.25, -0.2) is 4.79 Å². The van der Waals surface area contributed by atoms with Gasteiger partial charge in [-0.05, 0) is 31.4 Å². The van der Waals surface area contributed by atoms with E-state index in [-0.39, 0.29) is 6.54 Å². The largest absolute Gasteiger partial charge is 0.325 e. The number of halogens is 1. The van der Waals surface area contributed by atoms with Crippen LogP contribution in [-0.2, 0) is 15.1 Å². The molecule has 2 aromatic rings. The van der Waals surface area contributed by atoms with E-state index in [1.54, 1.807) is 43.3 Å². The number of nitrogens with zero attached hydrogens (tertiary/aromatic N) is 1. The summed E-state index contributed by atoms with van der Waals surface area (Å²) in [5.74, 6) is -0.975. The van der Waals surface area contributed by atoms with Crippen molar-refractivity contribution in [3.8, 4) is 0 Å². The van der Waals surface area contributed by atoms with Gasteiger partial charge in [0.25, 0.3) is 5.91 Å². The number of hydrogen-bond acceptors (Lipinski definition) is 4. The highest BCUT2D eigenvalue weighted by atomic mass is 35.5. The van der Waals surface area contributed by atoms with E-state index in [0.29, 0.717) is 16.3 Å². The summed E-state index contributed by atoms with van der Waals surface area (Å²) in [5, 5.41) is 5.77. The summed E-state index contributed by atoms with van der Waals surface area (Å²) >= 11 is 7.69. The van der Waals surface area contributed by atoms with Crippen molar-refractivity contribution in [2.24, 2.45) is 0 Å². The molecule has 0 radical (unpaired) electrons. The lowest BCUT2D eigenvalue weighted by Crippen LogP contribution is -2.42. The molecule has 1 aliphatic heterocycles. The Kier molecular flexibility index (Phi) is 5.43. The first-order chi connectivity index (χ1) is 12.9. The Bertz CT molecular complexity index is 921. The second-order valence-corrected chi connectivity index (χ2v) is 7.43. The molecule has 0 bridgehead atoms. The number of benzene rings is 2. The third-order valence-electron chi connectivity index (χ3n) is 4.37. The maximum atomic E-state index is 12.9. The van der Waals surface area contributed by atoms with Gasteiger partial charge in [-0.15, -0.1) is 11.8 Å². The number of carbonyl (C=O) groups is 3. The Hall–Kier alpha value is -2.51. The van der Waals surface area contributed by atoms with Gasteiger partial charge in [-0.1, -0.05) is 41.9 Å². The second kappa shape index (κ2) is 7.62. The molecule has 0 saturated carbocycles. The Labute approximate surface area is 166 Å². The van der Waals surface area contributed by atoms with Crippen molar-refractivity contribution in [2.45, 2.75) is 17.4 Å². The Morgan fingerprint density at radius 2 is 1.85 bits per heavy atom. The lowest BCUT2D eigenvalue weighted by Gasteiger charge is -2.23. The highest BCUT2D eigenvalue weighted by molar-refractivity contribution is 7.98. The van der Waals surface area contributed by atoms with Crippen molar-refractivity contribution in [3.63, 3.8) is 0 Å². The minimum absolute atomic E-state index is 0.369. The van der Waals surface area contributed by atoms with Crippen LogP contribution in [0.1, 0.15) is 12.5 Å². The maximum Gasteiger partial charge on any atom is 0.325 e. The molecule has 1 saturated heterocycles. The van der Waals surface area contributed by atoms with E-state index in [0.717, 1.165) is 9.80 Å². The molecule has 6 nitrogen and oxygen atoms in total. The van der Waals surface area contributed by atoms with Gasteiger partial charge in [0.2, 0.25) is 5.91 Å². The van der Waals surface area contributed by atoms with Crippen molar-refractivity contribution < 1.29 is 14.4 Å². The van der Waals surface area contributed by atoms with Crippen molar-refractivity contribution in [1.29, 1.82) is 0 Å². The van der Waals surface area contributed by atoms with Gasteiger partial charge in [0.05, 0.1) is 5.69 Å². The topological polar surface area (TPSA) is 78.5 Å². The summed E-state index contributed by atoms with van der Waals surface area (Å²) in [5.41, 5.74) is -0.191. The molecule has 0 unspecified atom stereocenters. The van der Waals surface area contributed by atoms with Crippen LogP contribution in [0.15, 0.2) is 53.4 Å². The van der Waals surface area contributed by atoms with Crippen LogP contribution in [0.25, 0.3) is 0 Å². The van der Waals surface area contributed by atoms with E-state index in [9.17, 15) is 14.4 Å². The van der Waals surface area contributed by atoms with Crippen LogP contribution in [0.5, 0.6) is 0 Å². The number of amides is 4. The van der Waals surface area contributed by atoms with Crippen molar-refractivity contribution in [1.82, 2.24) is 10.2 Å². The molecular weight excluding hydrogens is 386 g/mol. The van der Waals surface area contributed by atoms with Gasteiger partial charge in [-0.2, -0.15) is 0 Å². The number of anilines is 1. The Morgan fingerprint density at radius 1 is 1.19 bits per heavy atom. The molecule has 8 heteroatoms. The standard InChI is InChI=1S/C19H18ClN3O3S/c1-19(12-7-3-4-8-13(12)20)17(25)23(18(26)22-19)11-16(24)21-14-9-5-6-10-15(14)27-2/h3-10H,11H2,1-2H3,(H,21,24)(H,22,26)/t19-/m0/s1. The summed E-state index contributed by atoms with van der Waals surface area (Å²) in [4.78, 5) is 39.5. The minimum Gasteiger partial charge on any atom is -0.324 e. The molecule has 27 heavy (non-hydrogen) atoms. The van der Waals surface area contributed by atoms with Gasteiger partial charge in [0.15, 0.2) is 0 Å². The molecule has 0 aromatic heterocycles. The van der Waals surface area contributed by atoms with Crippen molar-refractivity contribution in [2.75, 3.05) is 18.1 Å². The summed E-state index contributed by atoms with van der Waals surface area (Å²) in [6.07, 6.45) is 1.90. The third-order valence-corrected chi connectivity index (χ3v) is 5.50. The molecule has 1 atom stereocenters. The number of para-hydroxylation sites is 1. The molecule has 1 heterocycles. The summed E-state index contributed by atoms with van der Waals surface area (Å²) < 4.78 is 0. The third kappa shape index (κ3) is 3.65. The molecule has 0 spiro atoms.